The molecule has 0 aliphatic carbocycles. The van der Waals surface area contributed by atoms with Crippen LogP contribution in [0.5, 0.6) is 0 Å². The summed E-state index contributed by atoms with van der Waals surface area (Å²) in [6.45, 7) is 13.3. The molecule has 1 aromatic heterocycles. The van der Waals surface area contributed by atoms with Crippen LogP contribution in [0.4, 0.5) is 24.8 Å². The van der Waals surface area contributed by atoms with E-state index >= 15 is 0 Å². The standard InChI is InChI=1S/C23H33F3N4/c1-6-9-28(10-7-2)15-19-21(23(24,25)26)27-22-29(19)11-8-12-30(22)20-17(4)13-16(3)14-18(20)5/h13-14H,6-12,15H2,1-5H3. The number of alkyl halides is 3. The molecule has 0 N–H and O–H groups in total. The Morgan fingerprint density at radius 1 is 1.00 bits per heavy atom. The lowest BCUT2D eigenvalue weighted by atomic mass is 10.0. The highest BCUT2D eigenvalue weighted by Crippen LogP contribution is 2.40. The second-order valence-corrected chi connectivity index (χ2v) is 8.39. The molecule has 0 saturated heterocycles. The Kier molecular flexibility index (Phi) is 6.80. The number of aromatic nitrogens is 2. The summed E-state index contributed by atoms with van der Waals surface area (Å²) in [7, 11) is 0. The minimum absolute atomic E-state index is 0.281. The number of nitrogens with zero attached hydrogens (tertiary/aromatic N) is 4. The van der Waals surface area contributed by atoms with E-state index in [9.17, 15) is 13.2 Å². The van der Waals surface area contributed by atoms with Gasteiger partial charge in [-0.2, -0.15) is 13.2 Å². The van der Waals surface area contributed by atoms with E-state index in [-0.39, 0.29) is 6.54 Å². The second kappa shape index (κ2) is 9.00. The maximum Gasteiger partial charge on any atom is 0.435 e. The molecule has 1 aromatic carbocycles. The summed E-state index contributed by atoms with van der Waals surface area (Å²) in [5.74, 6) is 0.423. The summed E-state index contributed by atoms with van der Waals surface area (Å²) in [5.41, 5.74) is 3.83. The third-order valence-electron chi connectivity index (χ3n) is 5.68. The van der Waals surface area contributed by atoms with Crippen LogP contribution in [-0.4, -0.2) is 34.1 Å². The van der Waals surface area contributed by atoms with Gasteiger partial charge < -0.3 is 9.47 Å². The number of imidazole rings is 1. The van der Waals surface area contributed by atoms with Crippen molar-refractivity contribution in [3.63, 3.8) is 0 Å². The monoisotopic (exact) mass is 422 g/mol. The van der Waals surface area contributed by atoms with Crippen molar-refractivity contribution in [2.75, 3.05) is 24.5 Å². The quantitative estimate of drug-likeness (QED) is 0.548. The van der Waals surface area contributed by atoms with Crippen molar-refractivity contribution in [1.29, 1.82) is 0 Å². The fraction of sp³-hybridized carbons (Fsp3) is 0.609. The number of benzene rings is 1. The Labute approximate surface area is 177 Å². The fourth-order valence-electron chi connectivity index (χ4n) is 4.71. The molecule has 2 heterocycles. The number of hydrogen-bond acceptors (Lipinski definition) is 3. The van der Waals surface area contributed by atoms with Gasteiger partial charge in [0.05, 0.1) is 5.69 Å². The largest absolute Gasteiger partial charge is 0.435 e. The van der Waals surface area contributed by atoms with E-state index in [0.717, 1.165) is 54.7 Å². The highest BCUT2D eigenvalue weighted by Gasteiger charge is 2.41. The number of hydrogen-bond donors (Lipinski definition) is 0. The maximum absolute atomic E-state index is 14.0. The molecular weight excluding hydrogens is 389 g/mol. The molecule has 1 aliphatic heterocycles. The van der Waals surface area contributed by atoms with Crippen molar-refractivity contribution >= 4 is 11.6 Å². The van der Waals surface area contributed by atoms with Crippen molar-refractivity contribution in [3.05, 3.63) is 40.2 Å². The Morgan fingerprint density at radius 3 is 2.13 bits per heavy atom. The second-order valence-electron chi connectivity index (χ2n) is 8.39. The Balaban J connectivity index is 2.11. The van der Waals surface area contributed by atoms with Crippen LogP contribution in [0, 0.1) is 20.8 Å². The molecule has 0 fully saturated rings. The van der Waals surface area contributed by atoms with E-state index in [0.29, 0.717) is 24.7 Å². The van der Waals surface area contributed by atoms with E-state index in [1.54, 1.807) is 0 Å². The first-order valence-corrected chi connectivity index (χ1v) is 10.9. The number of fused-ring (bicyclic) bond motifs is 1. The zero-order valence-electron chi connectivity index (χ0n) is 18.7. The third kappa shape index (κ3) is 4.51. The molecule has 3 rings (SSSR count). The zero-order chi connectivity index (χ0) is 22.1. The molecule has 0 radical (unpaired) electrons. The van der Waals surface area contributed by atoms with Crippen LogP contribution < -0.4 is 4.90 Å². The lowest BCUT2D eigenvalue weighted by Gasteiger charge is -2.33. The molecule has 166 valence electrons. The van der Waals surface area contributed by atoms with Gasteiger partial charge in [-0.3, -0.25) is 4.90 Å². The average Bonchev–Trinajstić information content (AvgIpc) is 3.01. The number of aryl methyl sites for hydroxylation is 3. The summed E-state index contributed by atoms with van der Waals surface area (Å²) in [5, 5.41) is 0. The molecule has 30 heavy (non-hydrogen) atoms. The third-order valence-corrected chi connectivity index (χ3v) is 5.68. The molecule has 0 amide bonds. The van der Waals surface area contributed by atoms with Gasteiger partial charge in [0.25, 0.3) is 0 Å². The smallest absolute Gasteiger partial charge is 0.312 e. The van der Waals surface area contributed by atoms with Crippen LogP contribution in [0.3, 0.4) is 0 Å². The predicted molar refractivity (Wildman–Crippen MR) is 115 cm³/mol. The molecule has 0 unspecified atom stereocenters. The van der Waals surface area contributed by atoms with Gasteiger partial charge in [-0.15, -0.1) is 0 Å². The summed E-state index contributed by atoms with van der Waals surface area (Å²) in [6, 6.07) is 4.17. The van der Waals surface area contributed by atoms with Crippen molar-refractivity contribution < 1.29 is 13.2 Å². The summed E-state index contributed by atoms with van der Waals surface area (Å²) >= 11 is 0. The highest BCUT2D eigenvalue weighted by atomic mass is 19.4. The van der Waals surface area contributed by atoms with Crippen LogP contribution in [0.1, 0.15) is 61.2 Å². The van der Waals surface area contributed by atoms with E-state index in [4.69, 9.17) is 0 Å². The molecule has 4 nitrogen and oxygen atoms in total. The van der Waals surface area contributed by atoms with Gasteiger partial charge in [0.2, 0.25) is 5.95 Å². The fourth-order valence-corrected chi connectivity index (χ4v) is 4.71. The summed E-state index contributed by atoms with van der Waals surface area (Å²) < 4.78 is 43.8. The Morgan fingerprint density at radius 2 is 1.60 bits per heavy atom. The zero-order valence-corrected chi connectivity index (χ0v) is 18.7. The molecule has 0 saturated carbocycles. The van der Waals surface area contributed by atoms with Crippen molar-refractivity contribution in [2.24, 2.45) is 0 Å². The van der Waals surface area contributed by atoms with Crippen molar-refractivity contribution in [3.8, 4) is 0 Å². The maximum atomic E-state index is 14.0. The Hall–Kier alpha value is -2.02. The predicted octanol–water partition coefficient (Wildman–Crippen LogP) is 5.99. The minimum Gasteiger partial charge on any atom is -0.312 e. The van der Waals surface area contributed by atoms with Crippen LogP contribution in [0.2, 0.25) is 0 Å². The molecule has 2 aromatic rings. The van der Waals surface area contributed by atoms with Gasteiger partial charge in [-0.05, 0) is 64.3 Å². The molecule has 0 atom stereocenters. The number of anilines is 2. The molecule has 0 bridgehead atoms. The van der Waals surface area contributed by atoms with Gasteiger partial charge in [0, 0.05) is 25.3 Å². The lowest BCUT2D eigenvalue weighted by molar-refractivity contribution is -0.141. The van der Waals surface area contributed by atoms with Gasteiger partial charge >= 0.3 is 6.18 Å². The van der Waals surface area contributed by atoms with E-state index in [2.05, 4.69) is 35.9 Å². The normalized spacial score (nSPS) is 14.5. The molecular formula is C23H33F3N4. The van der Waals surface area contributed by atoms with E-state index in [1.165, 1.54) is 0 Å². The van der Waals surface area contributed by atoms with E-state index in [1.807, 2.05) is 30.2 Å². The number of rotatable bonds is 7. The van der Waals surface area contributed by atoms with Gasteiger partial charge in [0.15, 0.2) is 5.69 Å². The Bertz CT molecular complexity index is 856. The first kappa shape index (κ1) is 22.7. The first-order chi connectivity index (χ1) is 14.2. The van der Waals surface area contributed by atoms with Gasteiger partial charge in [-0.1, -0.05) is 31.5 Å². The molecule has 1 aliphatic rings. The minimum atomic E-state index is -4.47. The molecule has 0 spiro atoms. The first-order valence-electron chi connectivity index (χ1n) is 10.9. The van der Waals surface area contributed by atoms with E-state index < -0.39 is 11.9 Å². The SMILES string of the molecule is CCCN(CCC)Cc1c(C(F)(F)F)nc2n1CCCN2c1c(C)cc(C)cc1C. The van der Waals surface area contributed by atoms with Crippen molar-refractivity contribution in [1.82, 2.24) is 14.5 Å². The average molecular weight is 423 g/mol. The van der Waals surface area contributed by atoms with Crippen molar-refractivity contribution in [2.45, 2.75) is 73.1 Å². The summed E-state index contributed by atoms with van der Waals surface area (Å²) in [4.78, 5) is 8.29. The molecule has 7 heteroatoms. The topological polar surface area (TPSA) is 24.3 Å². The van der Waals surface area contributed by atoms with Gasteiger partial charge in [0.1, 0.15) is 0 Å². The van der Waals surface area contributed by atoms with Crippen LogP contribution in [0.15, 0.2) is 12.1 Å². The van der Waals surface area contributed by atoms with Gasteiger partial charge in [-0.25, -0.2) is 4.98 Å². The summed E-state index contributed by atoms with van der Waals surface area (Å²) in [6.07, 6.45) is -1.85. The van der Waals surface area contributed by atoms with Crippen LogP contribution in [-0.2, 0) is 19.3 Å². The number of halogens is 3. The lowest BCUT2D eigenvalue weighted by Crippen LogP contribution is -2.32. The van der Waals surface area contributed by atoms with Crippen LogP contribution in [0.25, 0.3) is 0 Å². The van der Waals surface area contributed by atoms with Crippen LogP contribution >= 0.6 is 0 Å². The highest BCUT2D eigenvalue weighted by molar-refractivity contribution is 5.68.